The second kappa shape index (κ2) is 6.50. The smallest absolute Gasteiger partial charge is 0.0682 e. The highest BCUT2D eigenvalue weighted by atomic mass is 35.5. The second-order valence-corrected chi connectivity index (χ2v) is 9.32. The van der Waals surface area contributed by atoms with Crippen LogP contribution in [0.3, 0.4) is 0 Å². The first-order valence-electron chi connectivity index (χ1n) is 8.94. The van der Waals surface area contributed by atoms with Crippen LogP contribution in [0.25, 0.3) is 5.57 Å². The molecule has 0 spiro atoms. The minimum Gasteiger partial charge on any atom is -0.306 e. The van der Waals surface area contributed by atoms with Gasteiger partial charge in [-0.25, -0.2) is 0 Å². The molecule has 2 aliphatic rings. The summed E-state index contributed by atoms with van der Waals surface area (Å²) in [5.74, 6) is 0. The molecule has 2 aromatic rings. The number of likely N-dealkylation sites (tertiary alicyclic amines) is 1. The van der Waals surface area contributed by atoms with Gasteiger partial charge in [-0.05, 0) is 68.6 Å². The third kappa shape index (κ3) is 3.05. The fourth-order valence-corrected chi connectivity index (χ4v) is 5.75. The molecule has 0 amide bonds. The summed E-state index contributed by atoms with van der Waals surface area (Å²) in [6, 6.07) is 15.3. The number of fused-ring (bicyclic) bond motifs is 1. The van der Waals surface area contributed by atoms with Gasteiger partial charge in [-0.2, -0.15) is 0 Å². The third-order valence-corrected chi connectivity index (χ3v) is 7.17. The molecule has 0 aliphatic carbocycles. The Balaban J connectivity index is 1.91. The van der Waals surface area contributed by atoms with Crippen LogP contribution in [0.2, 0.25) is 5.02 Å². The monoisotopic (exact) mass is 369 g/mol. The van der Waals surface area contributed by atoms with E-state index in [2.05, 4.69) is 62.2 Å². The highest BCUT2D eigenvalue weighted by molar-refractivity contribution is 8.01. The van der Waals surface area contributed by atoms with Crippen molar-refractivity contribution in [1.29, 1.82) is 0 Å². The van der Waals surface area contributed by atoms with Gasteiger partial charge in [0.1, 0.15) is 0 Å². The van der Waals surface area contributed by atoms with Crippen molar-refractivity contribution in [2.75, 3.05) is 20.1 Å². The normalized spacial score (nSPS) is 23.8. The average Bonchev–Trinajstić information content (AvgIpc) is 2.88. The van der Waals surface area contributed by atoms with Gasteiger partial charge in [0, 0.05) is 23.0 Å². The van der Waals surface area contributed by atoms with Gasteiger partial charge in [-0.15, -0.1) is 11.8 Å². The number of aryl methyl sites for hydroxylation is 1. The van der Waals surface area contributed by atoms with Crippen molar-refractivity contribution in [3.63, 3.8) is 0 Å². The Morgan fingerprint density at radius 3 is 2.56 bits per heavy atom. The summed E-state index contributed by atoms with van der Waals surface area (Å²) in [5.41, 5.74) is 7.23. The molecule has 3 heteroatoms. The number of halogens is 1. The number of thioether (sulfide) groups is 1. The predicted octanol–water partition coefficient (Wildman–Crippen LogP) is 6.15. The van der Waals surface area contributed by atoms with Crippen molar-refractivity contribution in [3.8, 4) is 0 Å². The van der Waals surface area contributed by atoms with Gasteiger partial charge in [0.25, 0.3) is 0 Å². The molecule has 25 heavy (non-hydrogen) atoms. The molecule has 4 rings (SSSR count). The Kier molecular flexibility index (Phi) is 4.47. The standard InChI is InChI=1S/C22H24ClNS/c1-15-7-8-20-19(13-15)21(16-9-11-24(3)12-10-16)22(2,25-20)17-5-4-6-18(23)14-17/h4-8,13-14H,9-12H2,1-3H3. The Morgan fingerprint density at radius 2 is 1.84 bits per heavy atom. The quantitative estimate of drug-likeness (QED) is 0.593. The Hall–Kier alpha value is -1.22. The number of benzene rings is 2. The van der Waals surface area contributed by atoms with E-state index in [1.807, 2.05) is 17.8 Å². The van der Waals surface area contributed by atoms with Crippen LogP contribution in [0.4, 0.5) is 0 Å². The van der Waals surface area contributed by atoms with Gasteiger partial charge in [0.05, 0.1) is 4.75 Å². The van der Waals surface area contributed by atoms with Gasteiger partial charge in [-0.3, -0.25) is 0 Å². The van der Waals surface area contributed by atoms with E-state index in [0.717, 1.165) is 31.0 Å². The molecule has 0 saturated carbocycles. The highest BCUT2D eigenvalue weighted by Gasteiger charge is 2.42. The summed E-state index contributed by atoms with van der Waals surface area (Å²) < 4.78 is -0.0632. The highest BCUT2D eigenvalue weighted by Crippen LogP contribution is 2.60. The Labute approximate surface area is 160 Å². The molecule has 130 valence electrons. The molecular formula is C22H24ClNS. The van der Waals surface area contributed by atoms with Crippen LogP contribution in [0.1, 0.15) is 36.5 Å². The molecule has 0 aromatic heterocycles. The predicted molar refractivity (Wildman–Crippen MR) is 109 cm³/mol. The van der Waals surface area contributed by atoms with Crippen LogP contribution >= 0.6 is 23.4 Å². The third-order valence-electron chi connectivity index (χ3n) is 5.52. The maximum absolute atomic E-state index is 6.34. The van der Waals surface area contributed by atoms with Crippen LogP contribution in [-0.4, -0.2) is 25.0 Å². The second-order valence-electron chi connectivity index (χ2n) is 7.43. The Morgan fingerprint density at radius 1 is 1.08 bits per heavy atom. The maximum Gasteiger partial charge on any atom is 0.0682 e. The summed E-state index contributed by atoms with van der Waals surface area (Å²) in [5, 5.41) is 0.819. The lowest BCUT2D eigenvalue weighted by atomic mass is 9.81. The number of nitrogens with zero attached hydrogens (tertiary/aromatic N) is 1. The molecule has 0 N–H and O–H groups in total. The molecule has 2 aromatic carbocycles. The van der Waals surface area contributed by atoms with E-state index in [1.165, 1.54) is 27.2 Å². The summed E-state index contributed by atoms with van der Waals surface area (Å²) in [7, 11) is 2.22. The number of hydrogen-bond acceptors (Lipinski definition) is 2. The number of piperidine rings is 1. The average molecular weight is 370 g/mol. The zero-order valence-electron chi connectivity index (χ0n) is 15.1. The minimum atomic E-state index is -0.0632. The van der Waals surface area contributed by atoms with Gasteiger partial charge in [0.2, 0.25) is 0 Å². The minimum absolute atomic E-state index is 0.0632. The van der Waals surface area contributed by atoms with Gasteiger partial charge < -0.3 is 4.90 Å². The van der Waals surface area contributed by atoms with E-state index in [4.69, 9.17) is 11.6 Å². The molecule has 2 heterocycles. The lowest BCUT2D eigenvalue weighted by molar-refractivity contribution is 0.312. The van der Waals surface area contributed by atoms with E-state index in [1.54, 1.807) is 5.57 Å². The fourth-order valence-electron chi connectivity index (χ4n) is 4.11. The van der Waals surface area contributed by atoms with Crippen molar-refractivity contribution < 1.29 is 0 Å². The van der Waals surface area contributed by atoms with Crippen LogP contribution in [0.5, 0.6) is 0 Å². The first-order chi connectivity index (χ1) is 12.0. The summed E-state index contributed by atoms with van der Waals surface area (Å²) in [6.45, 7) is 6.86. The lowest BCUT2D eigenvalue weighted by Gasteiger charge is -2.32. The van der Waals surface area contributed by atoms with Crippen molar-refractivity contribution >= 4 is 28.9 Å². The molecule has 2 aliphatic heterocycles. The molecule has 1 fully saturated rings. The van der Waals surface area contributed by atoms with Gasteiger partial charge >= 0.3 is 0 Å². The molecule has 1 saturated heterocycles. The first-order valence-corrected chi connectivity index (χ1v) is 10.1. The van der Waals surface area contributed by atoms with Crippen LogP contribution in [0.15, 0.2) is 52.9 Å². The topological polar surface area (TPSA) is 3.24 Å². The van der Waals surface area contributed by atoms with E-state index >= 15 is 0 Å². The van der Waals surface area contributed by atoms with E-state index < -0.39 is 0 Å². The molecule has 1 atom stereocenters. The van der Waals surface area contributed by atoms with E-state index in [9.17, 15) is 0 Å². The zero-order valence-corrected chi connectivity index (χ0v) is 16.7. The van der Waals surface area contributed by atoms with Crippen molar-refractivity contribution in [2.45, 2.75) is 36.3 Å². The largest absolute Gasteiger partial charge is 0.306 e. The molecule has 0 bridgehead atoms. The van der Waals surface area contributed by atoms with Crippen LogP contribution in [-0.2, 0) is 4.75 Å². The van der Waals surface area contributed by atoms with E-state index in [0.29, 0.717) is 0 Å². The maximum atomic E-state index is 6.34. The summed E-state index contributed by atoms with van der Waals surface area (Å²) in [4.78, 5) is 3.83. The first kappa shape index (κ1) is 17.2. The van der Waals surface area contributed by atoms with E-state index in [-0.39, 0.29) is 4.75 Å². The molecule has 1 nitrogen and oxygen atoms in total. The van der Waals surface area contributed by atoms with Crippen molar-refractivity contribution in [2.24, 2.45) is 0 Å². The van der Waals surface area contributed by atoms with Crippen molar-refractivity contribution in [1.82, 2.24) is 4.90 Å². The Bertz CT molecular complexity index is 847. The number of rotatable bonds is 1. The molecular weight excluding hydrogens is 346 g/mol. The number of hydrogen-bond donors (Lipinski definition) is 0. The van der Waals surface area contributed by atoms with Gasteiger partial charge in [0.15, 0.2) is 0 Å². The molecule has 1 unspecified atom stereocenters. The van der Waals surface area contributed by atoms with Crippen LogP contribution < -0.4 is 0 Å². The lowest BCUT2D eigenvalue weighted by Crippen LogP contribution is -2.28. The zero-order chi connectivity index (χ0) is 17.6. The van der Waals surface area contributed by atoms with Crippen molar-refractivity contribution in [3.05, 3.63) is 69.8 Å². The van der Waals surface area contributed by atoms with Crippen LogP contribution in [0, 0.1) is 6.92 Å². The van der Waals surface area contributed by atoms with Gasteiger partial charge in [-0.1, -0.05) is 47.0 Å². The molecule has 0 radical (unpaired) electrons. The fraction of sp³-hybridized carbons (Fsp3) is 0.364. The SMILES string of the molecule is Cc1ccc2c(c1)C(=C1CCN(C)CC1)C(C)(c1cccc(Cl)c1)S2. The summed E-state index contributed by atoms with van der Waals surface area (Å²) in [6.07, 6.45) is 2.33. The summed E-state index contributed by atoms with van der Waals surface area (Å²) >= 11 is 8.32.